The van der Waals surface area contributed by atoms with Crippen molar-refractivity contribution < 1.29 is 24.3 Å². The number of aliphatic carboxylic acids is 1. The van der Waals surface area contributed by atoms with Gasteiger partial charge in [0.1, 0.15) is 11.9 Å². The van der Waals surface area contributed by atoms with Crippen LogP contribution in [0.2, 0.25) is 10.0 Å². The van der Waals surface area contributed by atoms with E-state index in [0.29, 0.717) is 6.42 Å². The number of halogens is 2. The second kappa shape index (κ2) is 12.4. The van der Waals surface area contributed by atoms with Crippen LogP contribution in [0.15, 0.2) is 30.3 Å². The molecule has 35 heavy (non-hydrogen) atoms. The van der Waals surface area contributed by atoms with Crippen LogP contribution >= 0.6 is 23.2 Å². The van der Waals surface area contributed by atoms with Crippen molar-refractivity contribution >= 4 is 52.7 Å². The third kappa shape index (κ3) is 7.56. The summed E-state index contributed by atoms with van der Waals surface area (Å²) in [6.07, 6.45) is 2.60. The van der Waals surface area contributed by atoms with Crippen molar-refractivity contribution in [2.24, 2.45) is 0 Å². The molecule has 2 aromatic rings. The zero-order chi connectivity index (χ0) is 25.4. The maximum atomic E-state index is 12.4. The largest absolute Gasteiger partial charge is 0.480 e. The number of aromatic nitrogens is 1. The van der Waals surface area contributed by atoms with Gasteiger partial charge in [-0.25, -0.2) is 9.78 Å². The lowest BCUT2D eigenvalue weighted by atomic mass is 10.1. The first kappa shape index (κ1) is 26.2. The molecule has 0 saturated carbocycles. The van der Waals surface area contributed by atoms with E-state index in [1.807, 2.05) is 12.1 Å². The smallest absolute Gasteiger partial charge is 0.328 e. The number of hydrogen-bond donors (Lipinski definition) is 5. The average molecular weight is 522 g/mol. The molecule has 0 aliphatic carbocycles. The standard InChI is InChI=1S/C23H25Cl2N5O5/c24-15-4-1-5-16(25)20(15)22(33)30-17(23(34)35)11-27-19(32)12-28-18(31)9-8-14-7-6-13-3-2-10-26-21(13)29-14/h1,4-7,17H,2-3,8-12H2,(H,26,29)(H,27,32)(H,28,31)(H,30,33)(H,34,35). The van der Waals surface area contributed by atoms with Gasteiger partial charge in [-0.1, -0.05) is 35.3 Å². The molecule has 0 saturated heterocycles. The Bertz CT molecular complexity index is 1110. The van der Waals surface area contributed by atoms with Gasteiger partial charge in [0.25, 0.3) is 5.91 Å². The minimum Gasteiger partial charge on any atom is -0.480 e. The first-order valence-electron chi connectivity index (χ1n) is 11.0. The van der Waals surface area contributed by atoms with Crippen LogP contribution in [-0.4, -0.2) is 59.5 Å². The van der Waals surface area contributed by atoms with Crippen LogP contribution in [0.5, 0.6) is 0 Å². The van der Waals surface area contributed by atoms with E-state index < -0.39 is 30.4 Å². The Balaban J connectivity index is 1.42. The van der Waals surface area contributed by atoms with E-state index in [4.69, 9.17) is 23.2 Å². The Labute approximate surface area is 211 Å². The molecule has 1 atom stereocenters. The monoisotopic (exact) mass is 521 g/mol. The highest BCUT2D eigenvalue weighted by Gasteiger charge is 2.24. The molecule has 3 rings (SSSR count). The van der Waals surface area contributed by atoms with Crippen molar-refractivity contribution in [3.8, 4) is 0 Å². The molecule has 12 heteroatoms. The fourth-order valence-corrected chi connectivity index (χ4v) is 4.01. The van der Waals surface area contributed by atoms with Gasteiger partial charge in [-0.15, -0.1) is 0 Å². The minimum absolute atomic E-state index is 0.0627. The van der Waals surface area contributed by atoms with E-state index in [9.17, 15) is 24.3 Å². The van der Waals surface area contributed by atoms with E-state index in [2.05, 4.69) is 26.3 Å². The van der Waals surface area contributed by atoms with Gasteiger partial charge in [0.05, 0.1) is 22.2 Å². The summed E-state index contributed by atoms with van der Waals surface area (Å²) in [5, 5.41) is 19.9. The SMILES string of the molecule is O=C(CCc1ccc2c(n1)NCCC2)NCC(=O)NCC(NC(=O)c1c(Cl)cccc1Cl)C(=O)O. The molecular weight excluding hydrogens is 497 g/mol. The first-order valence-corrected chi connectivity index (χ1v) is 11.7. The second-order valence-corrected chi connectivity index (χ2v) is 8.70. The Morgan fingerprint density at radius 1 is 1.06 bits per heavy atom. The topological polar surface area (TPSA) is 150 Å². The van der Waals surface area contributed by atoms with Crippen LogP contribution in [0.4, 0.5) is 5.82 Å². The molecule has 0 radical (unpaired) electrons. The Morgan fingerprint density at radius 2 is 1.80 bits per heavy atom. The van der Waals surface area contributed by atoms with Crippen LogP contribution in [0.1, 0.15) is 34.5 Å². The zero-order valence-electron chi connectivity index (χ0n) is 18.7. The van der Waals surface area contributed by atoms with E-state index >= 15 is 0 Å². The quantitative estimate of drug-likeness (QED) is 0.319. The van der Waals surface area contributed by atoms with Crippen molar-refractivity contribution in [1.29, 1.82) is 0 Å². The number of carbonyl (C=O) groups is 4. The van der Waals surface area contributed by atoms with Gasteiger partial charge in [0.15, 0.2) is 0 Å². The van der Waals surface area contributed by atoms with Crippen LogP contribution in [0.3, 0.4) is 0 Å². The lowest BCUT2D eigenvalue weighted by Crippen LogP contribution is -2.50. The summed E-state index contributed by atoms with van der Waals surface area (Å²) in [6, 6.07) is 6.90. The third-order valence-corrected chi connectivity index (χ3v) is 5.93. The minimum atomic E-state index is -1.43. The maximum Gasteiger partial charge on any atom is 0.328 e. The third-order valence-electron chi connectivity index (χ3n) is 5.30. The van der Waals surface area contributed by atoms with E-state index in [1.54, 1.807) is 6.07 Å². The average Bonchev–Trinajstić information content (AvgIpc) is 2.83. The molecule has 0 fully saturated rings. The molecule has 1 aromatic heterocycles. The van der Waals surface area contributed by atoms with Crippen molar-refractivity contribution in [3.63, 3.8) is 0 Å². The van der Waals surface area contributed by atoms with Gasteiger partial charge >= 0.3 is 5.97 Å². The molecule has 0 bridgehead atoms. The number of carboxylic acid groups (broad SMARTS) is 1. The van der Waals surface area contributed by atoms with Gasteiger partial charge in [-0.2, -0.15) is 0 Å². The second-order valence-electron chi connectivity index (χ2n) is 7.88. The highest BCUT2D eigenvalue weighted by molar-refractivity contribution is 6.39. The number of hydrogen-bond acceptors (Lipinski definition) is 6. The zero-order valence-corrected chi connectivity index (χ0v) is 20.2. The summed E-state index contributed by atoms with van der Waals surface area (Å²) in [4.78, 5) is 52.6. The van der Waals surface area contributed by atoms with Crippen LogP contribution in [0.25, 0.3) is 0 Å². The number of carbonyl (C=O) groups excluding carboxylic acids is 3. The molecule has 10 nitrogen and oxygen atoms in total. The van der Waals surface area contributed by atoms with Gasteiger partial charge in [0, 0.05) is 25.2 Å². The molecule has 3 amide bonds. The van der Waals surface area contributed by atoms with Gasteiger partial charge in [-0.05, 0) is 43.0 Å². The number of nitrogens with zero attached hydrogens (tertiary/aromatic N) is 1. The number of amides is 3. The van der Waals surface area contributed by atoms with Gasteiger partial charge < -0.3 is 26.4 Å². The predicted octanol–water partition coefficient (Wildman–Crippen LogP) is 1.79. The normalized spacial score (nSPS) is 13.1. The molecule has 1 aliphatic rings. The van der Waals surface area contributed by atoms with Crippen molar-refractivity contribution in [2.75, 3.05) is 25.0 Å². The Hall–Kier alpha value is -3.37. The number of fused-ring (bicyclic) bond motifs is 1. The highest BCUT2D eigenvalue weighted by Crippen LogP contribution is 2.24. The molecule has 5 N–H and O–H groups in total. The van der Waals surface area contributed by atoms with Crippen molar-refractivity contribution in [2.45, 2.75) is 31.7 Å². The summed E-state index contributed by atoms with van der Waals surface area (Å²) in [5.41, 5.74) is 1.87. The number of benzene rings is 1. The highest BCUT2D eigenvalue weighted by atomic mass is 35.5. The molecule has 1 aliphatic heterocycles. The number of rotatable bonds is 10. The number of aryl methyl sites for hydroxylation is 2. The molecule has 1 aromatic carbocycles. The fourth-order valence-electron chi connectivity index (χ4n) is 3.44. The predicted molar refractivity (Wildman–Crippen MR) is 131 cm³/mol. The summed E-state index contributed by atoms with van der Waals surface area (Å²) in [6.45, 7) is 0.137. The van der Waals surface area contributed by atoms with Crippen molar-refractivity contribution in [1.82, 2.24) is 20.9 Å². The summed E-state index contributed by atoms with van der Waals surface area (Å²) >= 11 is 11.9. The fraction of sp³-hybridized carbons (Fsp3) is 0.348. The number of pyridine rings is 1. The summed E-state index contributed by atoms with van der Waals surface area (Å²) < 4.78 is 0. The van der Waals surface area contributed by atoms with Crippen LogP contribution < -0.4 is 21.3 Å². The Morgan fingerprint density at radius 3 is 2.51 bits per heavy atom. The Kier molecular flexibility index (Phi) is 9.27. The first-order chi connectivity index (χ1) is 16.7. The van der Waals surface area contributed by atoms with Crippen molar-refractivity contribution in [3.05, 3.63) is 57.2 Å². The number of nitrogens with one attached hydrogen (secondary N) is 4. The number of carboxylic acids is 1. The lowest BCUT2D eigenvalue weighted by Gasteiger charge is -2.17. The molecule has 186 valence electrons. The van der Waals surface area contributed by atoms with Crippen LogP contribution in [-0.2, 0) is 27.2 Å². The molecular formula is C23H25Cl2N5O5. The van der Waals surface area contributed by atoms with E-state index in [-0.39, 0.29) is 34.5 Å². The maximum absolute atomic E-state index is 12.4. The van der Waals surface area contributed by atoms with Gasteiger partial charge in [-0.3, -0.25) is 14.4 Å². The number of anilines is 1. The molecule has 1 unspecified atom stereocenters. The van der Waals surface area contributed by atoms with Crippen LogP contribution in [0, 0.1) is 0 Å². The molecule has 2 heterocycles. The molecule has 0 spiro atoms. The van der Waals surface area contributed by atoms with E-state index in [0.717, 1.165) is 36.5 Å². The lowest BCUT2D eigenvalue weighted by molar-refractivity contribution is -0.139. The van der Waals surface area contributed by atoms with Gasteiger partial charge in [0.2, 0.25) is 11.8 Å². The summed E-state index contributed by atoms with van der Waals surface area (Å²) in [7, 11) is 0. The summed E-state index contributed by atoms with van der Waals surface area (Å²) in [5.74, 6) is -2.25. The van der Waals surface area contributed by atoms with E-state index in [1.165, 1.54) is 12.1 Å².